The first-order chi connectivity index (χ1) is 9.33. The van der Waals surface area contributed by atoms with Gasteiger partial charge in [-0.15, -0.1) is 0 Å². The van der Waals surface area contributed by atoms with Gasteiger partial charge < -0.3 is 15.8 Å². The molecule has 2 amide bonds. The first kappa shape index (κ1) is 14.2. The average Bonchev–Trinajstić information content (AvgIpc) is 2.35. The van der Waals surface area contributed by atoms with Crippen molar-refractivity contribution in [3.8, 4) is 0 Å². The van der Waals surface area contributed by atoms with Crippen molar-refractivity contribution >= 4 is 12.0 Å². The lowest BCUT2D eigenvalue weighted by atomic mass is 9.73. The number of alkyl halides is 2. The van der Waals surface area contributed by atoms with Gasteiger partial charge >= 0.3 is 6.09 Å². The van der Waals surface area contributed by atoms with Crippen LogP contribution in [0.5, 0.6) is 0 Å². The second-order valence-corrected chi connectivity index (χ2v) is 4.84. The molecule has 0 unspecified atom stereocenters. The van der Waals surface area contributed by atoms with Gasteiger partial charge in [-0.05, 0) is 5.56 Å². The zero-order valence-corrected chi connectivity index (χ0v) is 10.6. The van der Waals surface area contributed by atoms with Gasteiger partial charge in [0, 0.05) is 12.8 Å². The Morgan fingerprint density at radius 2 is 1.85 bits per heavy atom. The number of primary amides is 1. The molecule has 0 saturated heterocycles. The molecule has 0 bridgehead atoms. The maximum Gasteiger partial charge on any atom is 0.408 e. The summed E-state index contributed by atoms with van der Waals surface area (Å²) in [4.78, 5) is 22.8. The monoisotopic (exact) mass is 284 g/mol. The van der Waals surface area contributed by atoms with E-state index in [4.69, 9.17) is 10.5 Å². The van der Waals surface area contributed by atoms with Crippen LogP contribution in [0.1, 0.15) is 18.4 Å². The van der Waals surface area contributed by atoms with E-state index >= 15 is 0 Å². The third-order valence-corrected chi connectivity index (χ3v) is 3.15. The summed E-state index contributed by atoms with van der Waals surface area (Å²) >= 11 is 0. The quantitative estimate of drug-likeness (QED) is 0.880. The number of nitrogens with two attached hydrogens (primary N) is 1. The molecule has 1 saturated carbocycles. The Hall–Kier alpha value is -2.18. The highest BCUT2D eigenvalue weighted by molar-refractivity contribution is 5.90. The third-order valence-electron chi connectivity index (χ3n) is 3.15. The molecule has 0 atom stereocenters. The Morgan fingerprint density at radius 1 is 1.25 bits per heavy atom. The molecule has 0 heterocycles. The van der Waals surface area contributed by atoms with Gasteiger partial charge in [-0.25, -0.2) is 13.6 Å². The molecule has 2 rings (SSSR count). The summed E-state index contributed by atoms with van der Waals surface area (Å²) in [7, 11) is 0. The highest BCUT2D eigenvalue weighted by Gasteiger charge is 2.61. The number of nitrogens with one attached hydrogen (secondary N) is 1. The van der Waals surface area contributed by atoms with Crippen molar-refractivity contribution in [3.63, 3.8) is 0 Å². The molecular weight excluding hydrogens is 270 g/mol. The van der Waals surface area contributed by atoms with Crippen LogP contribution in [0, 0.1) is 0 Å². The Labute approximate surface area is 114 Å². The molecule has 0 radical (unpaired) electrons. The van der Waals surface area contributed by atoms with Crippen molar-refractivity contribution in [1.82, 2.24) is 5.32 Å². The van der Waals surface area contributed by atoms with Gasteiger partial charge in [0.1, 0.15) is 12.1 Å². The molecular formula is C13H14F2N2O3. The number of carbonyl (C=O) groups is 2. The molecule has 5 nitrogen and oxygen atoms in total. The van der Waals surface area contributed by atoms with E-state index in [1.807, 2.05) is 6.07 Å². The van der Waals surface area contributed by atoms with Crippen molar-refractivity contribution in [2.24, 2.45) is 5.73 Å². The smallest absolute Gasteiger partial charge is 0.408 e. The second kappa shape index (κ2) is 5.07. The van der Waals surface area contributed by atoms with Gasteiger partial charge in [0.15, 0.2) is 0 Å². The number of rotatable bonds is 4. The molecule has 1 aliphatic carbocycles. The number of ether oxygens (including phenoxy) is 1. The van der Waals surface area contributed by atoms with Crippen molar-refractivity contribution in [2.45, 2.75) is 30.9 Å². The lowest BCUT2D eigenvalue weighted by molar-refractivity contribution is -0.158. The van der Waals surface area contributed by atoms with Crippen molar-refractivity contribution in [2.75, 3.05) is 0 Å². The molecule has 108 valence electrons. The number of hydrogen-bond acceptors (Lipinski definition) is 3. The Kier molecular flexibility index (Phi) is 3.61. The average molecular weight is 284 g/mol. The van der Waals surface area contributed by atoms with Crippen LogP contribution in [0.25, 0.3) is 0 Å². The highest BCUT2D eigenvalue weighted by atomic mass is 19.3. The summed E-state index contributed by atoms with van der Waals surface area (Å²) in [5.74, 6) is -3.97. The predicted molar refractivity (Wildman–Crippen MR) is 65.9 cm³/mol. The minimum atomic E-state index is -2.98. The number of carbonyl (C=O) groups excluding carboxylic acids is 2. The summed E-state index contributed by atoms with van der Waals surface area (Å²) < 4.78 is 30.7. The minimum absolute atomic E-state index is 0.0160. The fraction of sp³-hybridized carbons (Fsp3) is 0.385. The number of benzene rings is 1. The van der Waals surface area contributed by atoms with Gasteiger partial charge in [0.25, 0.3) is 5.92 Å². The highest BCUT2D eigenvalue weighted by Crippen LogP contribution is 2.45. The van der Waals surface area contributed by atoms with Crippen LogP contribution in [-0.4, -0.2) is 23.5 Å². The van der Waals surface area contributed by atoms with Gasteiger partial charge in [-0.2, -0.15) is 0 Å². The lowest BCUT2D eigenvalue weighted by Gasteiger charge is -2.44. The largest absolute Gasteiger partial charge is 0.445 e. The summed E-state index contributed by atoms with van der Waals surface area (Å²) in [6, 6.07) is 8.84. The first-order valence-electron chi connectivity index (χ1n) is 6.00. The Bertz CT molecular complexity index is 512. The predicted octanol–water partition coefficient (Wildman–Crippen LogP) is 1.57. The molecule has 0 aromatic heterocycles. The SMILES string of the molecule is NC(=O)C1(NC(=O)OCc2ccccc2)CC(F)(F)C1. The van der Waals surface area contributed by atoms with Gasteiger partial charge in [-0.1, -0.05) is 30.3 Å². The normalized spacial score (nSPS) is 18.7. The van der Waals surface area contributed by atoms with E-state index < -0.39 is 36.3 Å². The summed E-state index contributed by atoms with van der Waals surface area (Å²) in [6.45, 7) is -0.0160. The third kappa shape index (κ3) is 3.04. The molecule has 7 heteroatoms. The van der Waals surface area contributed by atoms with E-state index in [-0.39, 0.29) is 6.61 Å². The van der Waals surface area contributed by atoms with E-state index in [1.54, 1.807) is 24.3 Å². The van der Waals surface area contributed by atoms with E-state index in [0.717, 1.165) is 5.56 Å². The maximum absolute atomic E-state index is 12.9. The van der Waals surface area contributed by atoms with Crippen LogP contribution in [0.15, 0.2) is 30.3 Å². The second-order valence-electron chi connectivity index (χ2n) is 4.84. The zero-order valence-electron chi connectivity index (χ0n) is 10.6. The van der Waals surface area contributed by atoms with Crippen LogP contribution in [0.4, 0.5) is 13.6 Å². The van der Waals surface area contributed by atoms with E-state index in [1.165, 1.54) is 0 Å². The topological polar surface area (TPSA) is 81.4 Å². The van der Waals surface area contributed by atoms with E-state index in [2.05, 4.69) is 5.32 Å². The first-order valence-corrected chi connectivity index (χ1v) is 6.00. The van der Waals surface area contributed by atoms with Gasteiger partial charge in [0.2, 0.25) is 5.91 Å². The summed E-state index contributed by atoms with van der Waals surface area (Å²) in [5.41, 5.74) is 4.10. The van der Waals surface area contributed by atoms with Crippen LogP contribution >= 0.6 is 0 Å². The molecule has 20 heavy (non-hydrogen) atoms. The van der Waals surface area contributed by atoms with Crippen LogP contribution in [-0.2, 0) is 16.1 Å². The van der Waals surface area contributed by atoms with Gasteiger partial charge in [0.05, 0.1) is 0 Å². The van der Waals surface area contributed by atoms with E-state index in [0.29, 0.717) is 0 Å². The van der Waals surface area contributed by atoms with Crippen molar-refractivity contribution in [1.29, 1.82) is 0 Å². The summed E-state index contributed by atoms with van der Waals surface area (Å²) in [5, 5.41) is 2.14. The zero-order chi connectivity index (χ0) is 14.8. The molecule has 1 aromatic rings. The Morgan fingerprint density at radius 3 is 2.35 bits per heavy atom. The van der Waals surface area contributed by atoms with Crippen LogP contribution in [0.3, 0.4) is 0 Å². The maximum atomic E-state index is 12.9. The fourth-order valence-electron chi connectivity index (χ4n) is 2.11. The summed E-state index contributed by atoms with van der Waals surface area (Å²) in [6.07, 6.45) is -2.53. The standard InChI is InChI=1S/C13H14F2N2O3/c14-13(15)7-12(8-13,10(16)18)17-11(19)20-6-9-4-2-1-3-5-9/h1-5H,6-8H2,(H2,16,18)(H,17,19). The number of amides is 2. The van der Waals surface area contributed by atoms with Crippen LogP contribution < -0.4 is 11.1 Å². The number of alkyl carbamates (subject to hydrolysis) is 1. The molecule has 1 aliphatic rings. The fourth-order valence-corrected chi connectivity index (χ4v) is 2.11. The molecule has 3 N–H and O–H groups in total. The molecule has 1 fully saturated rings. The number of halogens is 2. The van der Waals surface area contributed by atoms with Crippen LogP contribution in [0.2, 0.25) is 0 Å². The molecule has 0 aliphatic heterocycles. The Balaban J connectivity index is 1.89. The van der Waals surface area contributed by atoms with Gasteiger partial charge in [-0.3, -0.25) is 4.79 Å². The lowest BCUT2D eigenvalue weighted by Crippen LogP contribution is -2.68. The van der Waals surface area contributed by atoms with E-state index in [9.17, 15) is 18.4 Å². The molecule has 1 aromatic carbocycles. The number of hydrogen-bond donors (Lipinski definition) is 2. The minimum Gasteiger partial charge on any atom is -0.445 e. The molecule has 0 spiro atoms. The van der Waals surface area contributed by atoms with Crippen molar-refractivity contribution in [3.05, 3.63) is 35.9 Å². The van der Waals surface area contributed by atoms with Crippen molar-refractivity contribution < 1.29 is 23.1 Å².